The van der Waals surface area contributed by atoms with Crippen molar-refractivity contribution >= 4 is 16.1 Å². The molecule has 1 amide bonds. The van der Waals surface area contributed by atoms with Crippen molar-refractivity contribution in [1.29, 1.82) is 0 Å². The first-order valence-corrected chi connectivity index (χ1v) is 9.53. The quantitative estimate of drug-likeness (QED) is 0.853. The van der Waals surface area contributed by atoms with E-state index in [-0.39, 0.29) is 11.9 Å². The van der Waals surface area contributed by atoms with E-state index < -0.39 is 10.2 Å². The van der Waals surface area contributed by atoms with Crippen LogP contribution in [0.25, 0.3) is 0 Å². The summed E-state index contributed by atoms with van der Waals surface area (Å²) in [7, 11) is -3.49. The molecule has 1 saturated heterocycles. The van der Waals surface area contributed by atoms with E-state index in [1.807, 2.05) is 32.0 Å². The lowest BCUT2D eigenvalue weighted by Crippen LogP contribution is -2.52. The maximum Gasteiger partial charge on any atom is 0.279 e. The molecule has 0 saturated carbocycles. The summed E-state index contributed by atoms with van der Waals surface area (Å²) in [6.07, 6.45) is 1.54. The number of nitrogens with zero attached hydrogens (tertiary/aromatic N) is 2. The number of amides is 1. The molecule has 1 atom stereocenters. The first kappa shape index (κ1) is 17.9. The fraction of sp³-hybridized carbons (Fsp3) is 0.562. The van der Waals surface area contributed by atoms with Crippen LogP contribution in [0.15, 0.2) is 30.3 Å². The van der Waals surface area contributed by atoms with Gasteiger partial charge in [-0.15, -0.1) is 0 Å². The van der Waals surface area contributed by atoms with Crippen molar-refractivity contribution in [2.75, 3.05) is 26.2 Å². The van der Waals surface area contributed by atoms with Gasteiger partial charge in [0.2, 0.25) is 0 Å². The van der Waals surface area contributed by atoms with Gasteiger partial charge in [-0.1, -0.05) is 32.0 Å². The summed E-state index contributed by atoms with van der Waals surface area (Å²) in [6.45, 7) is 5.57. The van der Waals surface area contributed by atoms with Gasteiger partial charge in [0.25, 0.3) is 16.1 Å². The monoisotopic (exact) mass is 339 g/mol. The highest BCUT2D eigenvalue weighted by Gasteiger charge is 2.29. The molecule has 0 radical (unpaired) electrons. The molecule has 23 heavy (non-hydrogen) atoms. The van der Waals surface area contributed by atoms with Gasteiger partial charge in [0.1, 0.15) is 0 Å². The number of likely N-dealkylation sites (tertiary alicyclic amines) is 1. The van der Waals surface area contributed by atoms with Gasteiger partial charge < -0.3 is 4.90 Å². The van der Waals surface area contributed by atoms with Crippen LogP contribution in [0, 0.1) is 0 Å². The van der Waals surface area contributed by atoms with Crippen molar-refractivity contribution in [2.24, 2.45) is 0 Å². The largest absolute Gasteiger partial charge is 0.337 e. The summed E-state index contributed by atoms with van der Waals surface area (Å²) < 4.78 is 28.8. The normalized spacial score (nSPS) is 19.1. The Bertz CT molecular complexity index is 615. The Hall–Kier alpha value is -1.44. The Morgan fingerprint density at radius 1 is 1.26 bits per heavy atom. The van der Waals surface area contributed by atoms with Crippen molar-refractivity contribution in [1.82, 2.24) is 13.9 Å². The predicted octanol–water partition coefficient (Wildman–Crippen LogP) is 1.47. The highest BCUT2D eigenvalue weighted by atomic mass is 32.2. The van der Waals surface area contributed by atoms with Gasteiger partial charge >= 0.3 is 0 Å². The highest BCUT2D eigenvalue weighted by molar-refractivity contribution is 7.87. The first-order chi connectivity index (χ1) is 11.0. The fourth-order valence-corrected chi connectivity index (χ4v) is 4.31. The molecule has 1 aliphatic heterocycles. The minimum atomic E-state index is -3.49. The van der Waals surface area contributed by atoms with Gasteiger partial charge in [-0.25, -0.2) is 0 Å². The SMILES string of the molecule is CCN(CC)S(=O)(=O)NC1CCCN(C(=O)c2ccccc2)C1. The number of carbonyl (C=O) groups is 1. The second-order valence-electron chi connectivity index (χ2n) is 5.66. The zero-order valence-corrected chi connectivity index (χ0v) is 14.6. The number of piperidine rings is 1. The molecule has 1 heterocycles. The summed E-state index contributed by atoms with van der Waals surface area (Å²) in [4.78, 5) is 14.2. The lowest BCUT2D eigenvalue weighted by atomic mass is 10.1. The molecule has 6 nitrogen and oxygen atoms in total. The van der Waals surface area contributed by atoms with Crippen LogP contribution in [-0.2, 0) is 10.2 Å². The summed E-state index contributed by atoms with van der Waals surface area (Å²) in [5, 5.41) is 0. The fourth-order valence-electron chi connectivity index (χ4n) is 2.87. The summed E-state index contributed by atoms with van der Waals surface area (Å²) in [5.74, 6) is -0.0441. The van der Waals surface area contributed by atoms with Crippen LogP contribution < -0.4 is 4.72 Å². The van der Waals surface area contributed by atoms with E-state index in [0.29, 0.717) is 31.7 Å². The molecular weight excluding hydrogens is 314 g/mol. The van der Waals surface area contributed by atoms with Gasteiger partial charge in [0.15, 0.2) is 0 Å². The molecule has 0 aliphatic carbocycles. The lowest BCUT2D eigenvalue weighted by Gasteiger charge is -2.34. The van der Waals surface area contributed by atoms with E-state index in [2.05, 4.69) is 4.72 Å². The molecule has 0 spiro atoms. The van der Waals surface area contributed by atoms with Gasteiger partial charge in [-0.2, -0.15) is 17.4 Å². The molecule has 1 aliphatic rings. The van der Waals surface area contributed by atoms with Crippen LogP contribution in [0.3, 0.4) is 0 Å². The average Bonchev–Trinajstić information content (AvgIpc) is 2.55. The topological polar surface area (TPSA) is 69.7 Å². The Morgan fingerprint density at radius 3 is 2.52 bits per heavy atom. The molecule has 0 bridgehead atoms. The third-order valence-corrected chi connectivity index (χ3v) is 5.92. The van der Waals surface area contributed by atoms with Crippen LogP contribution in [0.4, 0.5) is 0 Å². The Labute approximate surface area is 138 Å². The minimum Gasteiger partial charge on any atom is -0.337 e. The number of benzene rings is 1. The minimum absolute atomic E-state index is 0.0441. The molecule has 0 aromatic heterocycles. The van der Waals surface area contributed by atoms with E-state index >= 15 is 0 Å². The second kappa shape index (κ2) is 7.90. The molecule has 7 heteroatoms. The third-order valence-electron chi connectivity index (χ3n) is 4.09. The Balaban J connectivity index is 2.02. The summed E-state index contributed by atoms with van der Waals surface area (Å²) in [6, 6.07) is 8.86. The lowest BCUT2D eigenvalue weighted by molar-refractivity contribution is 0.0702. The number of hydrogen-bond acceptors (Lipinski definition) is 3. The molecule has 1 fully saturated rings. The third kappa shape index (κ3) is 4.53. The van der Waals surface area contributed by atoms with Crippen LogP contribution >= 0.6 is 0 Å². The van der Waals surface area contributed by atoms with Crippen molar-refractivity contribution in [3.63, 3.8) is 0 Å². The highest BCUT2D eigenvalue weighted by Crippen LogP contribution is 2.15. The van der Waals surface area contributed by atoms with E-state index in [0.717, 1.165) is 12.8 Å². The zero-order valence-electron chi connectivity index (χ0n) is 13.7. The van der Waals surface area contributed by atoms with Crippen molar-refractivity contribution in [3.8, 4) is 0 Å². The Kier molecular flexibility index (Phi) is 6.15. The van der Waals surface area contributed by atoms with Crippen LogP contribution in [0.1, 0.15) is 37.0 Å². The number of rotatable bonds is 6. The summed E-state index contributed by atoms with van der Waals surface area (Å²) in [5.41, 5.74) is 0.639. The van der Waals surface area contributed by atoms with E-state index in [9.17, 15) is 13.2 Å². The summed E-state index contributed by atoms with van der Waals surface area (Å²) >= 11 is 0. The molecule has 1 N–H and O–H groups in total. The molecular formula is C16H25N3O3S. The standard InChI is InChI=1S/C16H25N3O3S/c1-3-19(4-2)23(21,22)17-15-11-8-12-18(13-15)16(20)14-9-6-5-7-10-14/h5-7,9-10,15,17H,3-4,8,11-13H2,1-2H3. The van der Waals surface area contributed by atoms with Crippen LogP contribution in [-0.4, -0.2) is 55.8 Å². The molecule has 128 valence electrons. The van der Waals surface area contributed by atoms with E-state index in [1.54, 1.807) is 17.0 Å². The molecule has 2 rings (SSSR count). The zero-order chi connectivity index (χ0) is 16.9. The second-order valence-corrected chi connectivity index (χ2v) is 7.37. The van der Waals surface area contributed by atoms with E-state index in [1.165, 1.54) is 4.31 Å². The maximum absolute atomic E-state index is 12.5. The predicted molar refractivity (Wildman–Crippen MR) is 90.3 cm³/mol. The average molecular weight is 339 g/mol. The van der Waals surface area contributed by atoms with Crippen molar-refractivity contribution in [3.05, 3.63) is 35.9 Å². The molecule has 1 unspecified atom stereocenters. The van der Waals surface area contributed by atoms with Crippen molar-refractivity contribution in [2.45, 2.75) is 32.7 Å². The van der Waals surface area contributed by atoms with Gasteiger partial charge in [0, 0.05) is 37.8 Å². The van der Waals surface area contributed by atoms with Gasteiger partial charge in [-0.05, 0) is 25.0 Å². The molecule has 1 aromatic rings. The van der Waals surface area contributed by atoms with Gasteiger partial charge in [0.05, 0.1) is 0 Å². The van der Waals surface area contributed by atoms with E-state index in [4.69, 9.17) is 0 Å². The molecule has 1 aromatic carbocycles. The van der Waals surface area contributed by atoms with Crippen LogP contribution in [0.5, 0.6) is 0 Å². The Morgan fingerprint density at radius 2 is 1.91 bits per heavy atom. The first-order valence-electron chi connectivity index (χ1n) is 8.09. The smallest absolute Gasteiger partial charge is 0.279 e. The number of hydrogen-bond donors (Lipinski definition) is 1. The number of carbonyl (C=O) groups excluding carboxylic acids is 1. The number of nitrogens with one attached hydrogen (secondary N) is 1. The van der Waals surface area contributed by atoms with Crippen molar-refractivity contribution < 1.29 is 13.2 Å². The van der Waals surface area contributed by atoms with Crippen LogP contribution in [0.2, 0.25) is 0 Å². The van der Waals surface area contributed by atoms with Gasteiger partial charge in [-0.3, -0.25) is 4.79 Å². The maximum atomic E-state index is 12.5.